The molecule has 11 heteroatoms. The molecule has 27 heavy (non-hydrogen) atoms. The molecule has 152 valence electrons. The van der Waals surface area contributed by atoms with Crippen LogP contribution in [-0.4, -0.2) is 75.6 Å². The Morgan fingerprint density at radius 3 is 2.26 bits per heavy atom. The molecule has 1 heterocycles. The van der Waals surface area contributed by atoms with Gasteiger partial charge in [-0.25, -0.2) is 8.42 Å². The van der Waals surface area contributed by atoms with E-state index in [4.69, 9.17) is 4.74 Å². The molecule has 0 spiro atoms. The minimum absolute atomic E-state index is 0.141. The van der Waals surface area contributed by atoms with Gasteiger partial charge < -0.3 is 10.1 Å². The molecule has 1 aliphatic rings. The third-order valence-electron chi connectivity index (χ3n) is 3.96. The SMILES string of the molecule is CCOc1ccc(S(=O)(=O)N2CCN(CC(=O)NCC(F)(F)F)CC2)cc1. The molecule has 2 rings (SSSR count). The fourth-order valence-electron chi connectivity index (χ4n) is 2.61. The van der Waals surface area contributed by atoms with Crippen LogP contribution in [0.15, 0.2) is 29.2 Å². The van der Waals surface area contributed by atoms with Crippen molar-refractivity contribution in [3.05, 3.63) is 24.3 Å². The highest BCUT2D eigenvalue weighted by molar-refractivity contribution is 7.89. The number of rotatable bonds is 7. The number of hydrogen-bond acceptors (Lipinski definition) is 5. The molecule has 0 aromatic heterocycles. The highest BCUT2D eigenvalue weighted by atomic mass is 32.2. The van der Waals surface area contributed by atoms with Crippen molar-refractivity contribution in [2.24, 2.45) is 0 Å². The molecule has 1 saturated heterocycles. The van der Waals surface area contributed by atoms with Gasteiger partial charge in [0.15, 0.2) is 0 Å². The predicted octanol–water partition coefficient (Wildman–Crippen LogP) is 1.07. The van der Waals surface area contributed by atoms with E-state index in [0.29, 0.717) is 12.4 Å². The minimum atomic E-state index is -4.46. The molecular weight excluding hydrogens is 387 g/mol. The van der Waals surface area contributed by atoms with E-state index in [1.54, 1.807) is 22.3 Å². The Labute approximate surface area is 156 Å². The van der Waals surface area contributed by atoms with Crippen molar-refractivity contribution in [1.82, 2.24) is 14.5 Å². The lowest BCUT2D eigenvalue weighted by Crippen LogP contribution is -2.51. The molecule has 0 radical (unpaired) electrons. The van der Waals surface area contributed by atoms with Crippen LogP contribution in [0.1, 0.15) is 6.92 Å². The summed E-state index contributed by atoms with van der Waals surface area (Å²) in [6, 6.07) is 6.10. The van der Waals surface area contributed by atoms with Crippen molar-refractivity contribution in [2.75, 3.05) is 45.9 Å². The van der Waals surface area contributed by atoms with Crippen molar-refractivity contribution in [3.8, 4) is 5.75 Å². The van der Waals surface area contributed by atoms with Gasteiger partial charge in [-0.2, -0.15) is 17.5 Å². The number of sulfonamides is 1. The first-order valence-corrected chi connectivity index (χ1v) is 9.84. The first-order valence-electron chi connectivity index (χ1n) is 8.40. The van der Waals surface area contributed by atoms with Gasteiger partial charge in [-0.15, -0.1) is 0 Å². The lowest BCUT2D eigenvalue weighted by molar-refractivity contribution is -0.139. The molecule has 1 fully saturated rings. The quantitative estimate of drug-likeness (QED) is 0.729. The number of hydrogen-bond donors (Lipinski definition) is 1. The highest BCUT2D eigenvalue weighted by Gasteiger charge is 2.30. The number of benzene rings is 1. The van der Waals surface area contributed by atoms with Gasteiger partial charge in [0.05, 0.1) is 18.0 Å². The van der Waals surface area contributed by atoms with Crippen LogP contribution in [0, 0.1) is 0 Å². The number of nitrogens with one attached hydrogen (secondary N) is 1. The van der Waals surface area contributed by atoms with Crippen molar-refractivity contribution in [1.29, 1.82) is 0 Å². The number of ether oxygens (including phenoxy) is 1. The molecule has 0 aliphatic carbocycles. The summed E-state index contributed by atoms with van der Waals surface area (Å²) in [6.45, 7) is 1.55. The summed E-state index contributed by atoms with van der Waals surface area (Å²) in [5.74, 6) is -0.165. The Morgan fingerprint density at radius 2 is 1.74 bits per heavy atom. The zero-order valence-electron chi connectivity index (χ0n) is 14.8. The molecule has 1 aromatic carbocycles. The summed E-state index contributed by atoms with van der Waals surface area (Å²) < 4.78 is 68.2. The van der Waals surface area contributed by atoms with Crippen LogP contribution in [0.3, 0.4) is 0 Å². The smallest absolute Gasteiger partial charge is 0.405 e. The van der Waals surface area contributed by atoms with Crippen LogP contribution < -0.4 is 10.1 Å². The fraction of sp³-hybridized carbons (Fsp3) is 0.562. The average molecular weight is 409 g/mol. The van der Waals surface area contributed by atoms with Crippen LogP contribution in [-0.2, 0) is 14.8 Å². The number of nitrogens with zero attached hydrogens (tertiary/aromatic N) is 2. The van der Waals surface area contributed by atoms with Gasteiger partial charge in [-0.05, 0) is 31.2 Å². The normalized spacial score (nSPS) is 16.9. The van der Waals surface area contributed by atoms with Gasteiger partial charge in [-0.3, -0.25) is 9.69 Å². The summed E-state index contributed by atoms with van der Waals surface area (Å²) in [7, 11) is -3.67. The molecule has 1 aliphatic heterocycles. The van der Waals surface area contributed by atoms with Gasteiger partial charge in [0.25, 0.3) is 0 Å². The molecule has 0 unspecified atom stereocenters. The molecule has 0 atom stereocenters. The number of carbonyl (C=O) groups excluding carboxylic acids is 1. The monoisotopic (exact) mass is 409 g/mol. The highest BCUT2D eigenvalue weighted by Crippen LogP contribution is 2.21. The maximum atomic E-state index is 12.7. The summed E-state index contributed by atoms with van der Waals surface area (Å²) in [5, 5.41) is 1.80. The first kappa shape index (κ1) is 21.5. The molecular formula is C16H22F3N3O4S. The molecule has 7 nitrogen and oxygen atoms in total. The van der Waals surface area contributed by atoms with E-state index in [0.717, 1.165) is 0 Å². The second-order valence-corrected chi connectivity index (χ2v) is 7.91. The summed E-state index contributed by atoms with van der Waals surface area (Å²) >= 11 is 0. The maximum absolute atomic E-state index is 12.7. The lowest BCUT2D eigenvalue weighted by atomic mass is 10.3. The van der Waals surface area contributed by atoms with E-state index in [9.17, 15) is 26.4 Å². The summed E-state index contributed by atoms with van der Waals surface area (Å²) in [5.41, 5.74) is 0. The van der Waals surface area contributed by atoms with E-state index < -0.39 is 28.7 Å². The van der Waals surface area contributed by atoms with Crippen LogP contribution >= 0.6 is 0 Å². The third-order valence-corrected chi connectivity index (χ3v) is 5.87. The van der Waals surface area contributed by atoms with Crippen molar-refractivity contribution >= 4 is 15.9 Å². The molecule has 1 aromatic rings. The van der Waals surface area contributed by atoms with E-state index in [1.807, 2.05) is 6.92 Å². The Balaban J connectivity index is 1.87. The second kappa shape index (κ2) is 8.89. The molecule has 1 amide bonds. The molecule has 1 N–H and O–H groups in total. The minimum Gasteiger partial charge on any atom is -0.494 e. The predicted molar refractivity (Wildman–Crippen MR) is 91.9 cm³/mol. The molecule has 0 saturated carbocycles. The topological polar surface area (TPSA) is 79.0 Å². The van der Waals surface area contributed by atoms with Crippen LogP contribution in [0.5, 0.6) is 5.75 Å². The second-order valence-electron chi connectivity index (χ2n) is 5.98. The number of piperazine rings is 1. The van der Waals surface area contributed by atoms with Crippen molar-refractivity contribution in [3.63, 3.8) is 0 Å². The Hall–Kier alpha value is -1.85. The van der Waals surface area contributed by atoms with Gasteiger partial charge >= 0.3 is 6.18 Å². The van der Waals surface area contributed by atoms with Crippen LogP contribution in [0.25, 0.3) is 0 Å². The van der Waals surface area contributed by atoms with Crippen LogP contribution in [0.4, 0.5) is 13.2 Å². The largest absolute Gasteiger partial charge is 0.494 e. The standard InChI is InChI=1S/C16H22F3N3O4S/c1-2-26-13-3-5-14(6-4-13)27(24,25)22-9-7-21(8-10-22)11-15(23)20-12-16(17,18)19/h3-6H,2,7-12H2,1H3,(H,20,23). The van der Waals surface area contributed by atoms with Crippen LogP contribution in [0.2, 0.25) is 0 Å². The zero-order chi connectivity index (χ0) is 20.1. The Morgan fingerprint density at radius 1 is 1.15 bits per heavy atom. The zero-order valence-corrected chi connectivity index (χ0v) is 15.6. The van der Waals surface area contributed by atoms with Gasteiger partial charge in [-0.1, -0.05) is 0 Å². The number of alkyl halides is 3. The van der Waals surface area contributed by atoms with E-state index in [2.05, 4.69) is 0 Å². The van der Waals surface area contributed by atoms with E-state index in [1.165, 1.54) is 16.4 Å². The Bertz CT molecular complexity index is 730. The fourth-order valence-corrected chi connectivity index (χ4v) is 4.03. The maximum Gasteiger partial charge on any atom is 0.405 e. The van der Waals surface area contributed by atoms with Crippen molar-refractivity contribution < 1.29 is 31.1 Å². The van der Waals surface area contributed by atoms with Crippen molar-refractivity contribution in [2.45, 2.75) is 18.0 Å². The van der Waals surface area contributed by atoms with Gasteiger partial charge in [0.1, 0.15) is 12.3 Å². The van der Waals surface area contributed by atoms with Gasteiger partial charge in [0, 0.05) is 26.2 Å². The van der Waals surface area contributed by atoms with E-state index >= 15 is 0 Å². The third kappa shape index (κ3) is 6.36. The number of carbonyl (C=O) groups is 1. The number of halogens is 3. The summed E-state index contributed by atoms with van der Waals surface area (Å²) in [4.78, 5) is 13.3. The van der Waals surface area contributed by atoms with E-state index in [-0.39, 0.29) is 37.6 Å². The average Bonchev–Trinajstić information content (AvgIpc) is 2.61. The lowest BCUT2D eigenvalue weighted by Gasteiger charge is -2.33. The summed E-state index contributed by atoms with van der Waals surface area (Å²) in [6.07, 6.45) is -4.46. The Kier molecular flexibility index (Phi) is 7.06. The number of amides is 1. The first-order chi connectivity index (χ1) is 12.6. The molecule has 0 bridgehead atoms. The van der Waals surface area contributed by atoms with Gasteiger partial charge in [0.2, 0.25) is 15.9 Å².